The average Bonchev–Trinajstić information content (AvgIpc) is 2.38. The normalized spacial score (nSPS) is 11.2. The molecule has 0 bridgehead atoms. The van der Waals surface area contributed by atoms with Crippen LogP contribution in [0.4, 0.5) is 5.82 Å². The van der Waals surface area contributed by atoms with E-state index in [1.54, 1.807) is 12.1 Å². The molecule has 4 N–H and O–H groups in total. The van der Waals surface area contributed by atoms with Crippen LogP contribution in [0.5, 0.6) is 0 Å². The van der Waals surface area contributed by atoms with Crippen molar-refractivity contribution < 1.29 is 4.79 Å². The molecule has 0 fully saturated rings. The summed E-state index contributed by atoms with van der Waals surface area (Å²) in [6, 6.07) is 3.21. The van der Waals surface area contributed by atoms with E-state index >= 15 is 0 Å². The summed E-state index contributed by atoms with van der Waals surface area (Å²) < 4.78 is 0. The Kier molecular flexibility index (Phi) is 6.23. The first-order valence-corrected chi connectivity index (χ1v) is 7.16. The smallest absolute Gasteiger partial charge is 0.271 e. The van der Waals surface area contributed by atoms with Gasteiger partial charge in [0.2, 0.25) is 0 Å². The molecule has 20 heavy (non-hydrogen) atoms. The topological polar surface area (TPSA) is 80.0 Å². The predicted octanol–water partition coefficient (Wildman–Crippen LogP) is 2.68. The van der Waals surface area contributed by atoms with Gasteiger partial charge in [0.25, 0.3) is 5.91 Å². The fourth-order valence-corrected chi connectivity index (χ4v) is 2.41. The third-order valence-corrected chi connectivity index (χ3v) is 3.72. The lowest BCUT2D eigenvalue weighted by atomic mass is 9.85. The van der Waals surface area contributed by atoms with Gasteiger partial charge >= 0.3 is 0 Å². The van der Waals surface area contributed by atoms with Crippen LogP contribution in [0.25, 0.3) is 0 Å². The molecule has 6 heteroatoms. The van der Waals surface area contributed by atoms with Crippen LogP contribution >= 0.6 is 11.6 Å². The molecule has 5 nitrogen and oxygen atoms in total. The summed E-state index contributed by atoms with van der Waals surface area (Å²) >= 11 is 6.00. The number of amides is 1. The van der Waals surface area contributed by atoms with Crippen molar-refractivity contribution in [3.63, 3.8) is 0 Å². The van der Waals surface area contributed by atoms with E-state index in [0.717, 1.165) is 0 Å². The van der Waals surface area contributed by atoms with Gasteiger partial charge in [-0.05, 0) is 29.9 Å². The second kappa shape index (κ2) is 7.45. The number of nitrogens with one attached hydrogen (secondary N) is 2. The Labute approximate surface area is 125 Å². The SMILES string of the molecule is CC(C)C(CNC(=O)c1nc(NN)ccc1Cl)C(C)C. The zero-order valence-corrected chi connectivity index (χ0v) is 13.2. The number of halogens is 1. The first-order chi connectivity index (χ1) is 9.36. The first kappa shape index (κ1) is 16.7. The second-order valence-electron chi connectivity index (χ2n) is 5.53. The molecule has 0 aliphatic heterocycles. The fraction of sp³-hybridized carbons (Fsp3) is 0.571. The number of nitrogens with zero attached hydrogens (tertiary/aromatic N) is 1. The Balaban J connectivity index is 2.76. The lowest BCUT2D eigenvalue weighted by Gasteiger charge is -2.25. The highest BCUT2D eigenvalue weighted by atomic mass is 35.5. The van der Waals surface area contributed by atoms with Crippen molar-refractivity contribution >= 4 is 23.3 Å². The third kappa shape index (κ3) is 4.35. The van der Waals surface area contributed by atoms with Crippen LogP contribution in [0, 0.1) is 17.8 Å². The summed E-state index contributed by atoms with van der Waals surface area (Å²) in [6.07, 6.45) is 0. The van der Waals surface area contributed by atoms with Crippen molar-refractivity contribution in [1.82, 2.24) is 10.3 Å². The van der Waals surface area contributed by atoms with Crippen LogP contribution < -0.4 is 16.6 Å². The quantitative estimate of drug-likeness (QED) is 0.557. The molecule has 1 rings (SSSR count). The molecule has 0 saturated heterocycles. The van der Waals surface area contributed by atoms with E-state index in [9.17, 15) is 4.79 Å². The number of rotatable bonds is 6. The van der Waals surface area contributed by atoms with Crippen LogP contribution in [0.15, 0.2) is 12.1 Å². The number of hydrazine groups is 1. The maximum absolute atomic E-state index is 12.2. The van der Waals surface area contributed by atoms with Gasteiger partial charge in [-0.1, -0.05) is 39.3 Å². The average molecular weight is 299 g/mol. The van der Waals surface area contributed by atoms with Crippen molar-refractivity contribution in [2.24, 2.45) is 23.6 Å². The Bertz CT molecular complexity index is 454. The molecule has 0 atom stereocenters. The Hall–Kier alpha value is -1.33. The third-order valence-electron chi connectivity index (χ3n) is 3.42. The van der Waals surface area contributed by atoms with Crippen LogP contribution in [0.3, 0.4) is 0 Å². The molecule has 0 aliphatic carbocycles. The maximum Gasteiger partial charge on any atom is 0.271 e. The lowest BCUT2D eigenvalue weighted by molar-refractivity contribution is 0.0932. The molecular weight excluding hydrogens is 276 g/mol. The summed E-state index contributed by atoms with van der Waals surface area (Å²) in [4.78, 5) is 16.2. The van der Waals surface area contributed by atoms with Crippen molar-refractivity contribution in [3.05, 3.63) is 22.8 Å². The van der Waals surface area contributed by atoms with Crippen LogP contribution in [0.1, 0.15) is 38.2 Å². The van der Waals surface area contributed by atoms with Gasteiger partial charge in [-0.15, -0.1) is 0 Å². The van der Waals surface area contributed by atoms with Gasteiger partial charge in [-0.2, -0.15) is 0 Å². The number of nitrogens with two attached hydrogens (primary N) is 1. The van der Waals surface area contributed by atoms with E-state index in [0.29, 0.717) is 35.1 Å². The van der Waals surface area contributed by atoms with Crippen molar-refractivity contribution in [1.29, 1.82) is 0 Å². The minimum atomic E-state index is -0.279. The first-order valence-electron chi connectivity index (χ1n) is 6.78. The van der Waals surface area contributed by atoms with E-state index in [4.69, 9.17) is 17.4 Å². The molecule has 1 amide bonds. The van der Waals surface area contributed by atoms with Crippen LogP contribution in [0.2, 0.25) is 5.02 Å². The zero-order chi connectivity index (χ0) is 15.3. The van der Waals surface area contributed by atoms with Crippen molar-refractivity contribution in [2.75, 3.05) is 12.0 Å². The van der Waals surface area contributed by atoms with E-state index in [-0.39, 0.29) is 11.6 Å². The molecule has 0 saturated carbocycles. The molecule has 0 unspecified atom stereocenters. The minimum absolute atomic E-state index is 0.188. The summed E-state index contributed by atoms with van der Waals surface area (Å²) in [7, 11) is 0. The number of pyridine rings is 1. The largest absolute Gasteiger partial charge is 0.350 e. The lowest BCUT2D eigenvalue weighted by Crippen LogP contribution is -2.34. The summed E-state index contributed by atoms with van der Waals surface area (Å²) in [5, 5.41) is 3.21. The number of nitrogen functional groups attached to an aromatic ring is 1. The van der Waals surface area contributed by atoms with E-state index in [2.05, 4.69) is 43.4 Å². The molecule has 1 aromatic heterocycles. The predicted molar refractivity (Wildman–Crippen MR) is 82.6 cm³/mol. The standard InChI is InChI=1S/C14H23ClN4O/c1-8(2)10(9(3)4)7-17-14(20)13-11(15)5-6-12(18-13)19-16/h5-6,8-10H,7,16H2,1-4H3,(H,17,20)(H,18,19). The number of carbonyl (C=O) groups excluding carboxylic acids is 1. The number of aromatic nitrogens is 1. The highest BCUT2D eigenvalue weighted by Crippen LogP contribution is 2.20. The van der Waals surface area contributed by atoms with Crippen molar-refractivity contribution in [3.8, 4) is 0 Å². The summed E-state index contributed by atoms with van der Waals surface area (Å²) in [5.74, 6) is 6.81. The van der Waals surface area contributed by atoms with Crippen molar-refractivity contribution in [2.45, 2.75) is 27.7 Å². The highest BCUT2D eigenvalue weighted by Gasteiger charge is 2.20. The summed E-state index contributed by atoms with van der Waals surface area (Å²) in [6.45, 7) is 9.22. The Morgan fingerprint density at radius 2 is 1.90 bits per heavy atom. The Morgan fingerprint density at radius 3 is 2.40 bits per heavy atom. The molecule has 0 aliphatic rings. The molecular formula is C14H23ClN4O. The molecule has 0 radical (unpaired) electrons. The summed E-state index contributed by atoms with van der Waals surface area (Å²) in [5.41, 5.74) is 2.59. The second-order valence-corrected chi connectivity index (χ2v) is 5.94. The van der Waals surface area contributed by atoms with Gasteiger partial charge in [-0.3, -0.25) is 4.79 Å². The molecule has 0 aromatic carbocycles. The van der Waals surface area contributed by atoms with Gasteiger partial charge in [0.05, 0.1) is 5.02 Å². The van der Waals surface area contributed by atoms with Crippen LogP contribution in [-0.2, 0) is 0 Å². The molecule has 0 spiro atoms. The molecule has 112 valence electrons. The number of hydrogen-bond donors (Lipinski definition) is 3. The van der Waals surface area contributed by atoms with Gasteiger partial charge in [0, 0.05) is 6.54 Å². The zero-order valence-electron chi connectivity index (χ0n) is 12.4. The monoisotopic (exact) mass is 298 g/mol. The van der Waals surface area contributed by atoms with Gasteiger partial charge < -0.3 is 10.7 Å². The van der Waals surface area contributed by atoms with Gasteiger partial charge in [0.1, 0.15) is 11.5 Å². The van der Waals surface area contributed by atoms with Gasteiger partial charge in [0.15, 0.2) is 0 Å². The van der Waals surface area contributed by atoms with E-state index in [1.165, 1.54) is 0 Å². The number of carbonyl (C=O) groups is 1. The van der Waals surface area contributed by atoms with Crippen LogP contribution in [-0.4, -0.2) is 17.4 Å². The minimum Gasteiger partial charge on any atom is -0.350 e. The van der Waals surface area contributed by atoms with Gasteiger partial charge in [-0.25, -0.2) is 10.8 Å². The maximum atomic E-state index is 12.2. The Morgan fingerprint density at radius 1 is 1.30 bits per heavy atom. The fourth-order valence-electron chi connectivity index (χ4n) is 2.22. The molecule has 1 heterocycles. The number of anilines is 1. The number of hydrogen-bond acceptors (Lipinski definition) is 4. The van der Waals surface area contributed by atoms with E-state index < -0.39 is 0 Å². The highest BCUT2D eigenvalue weighted by molar-refractivity contribution is 6.33. The van der Waals surface area contributed by atoms with E-state index in [1.807, 2.05) is 0 Å². The molecule has 1 aromatic rings.